The number of phenols is 1. The van der Waals surface area contributed by atoms with Crippen molar-refractivity contribution in [3.63, 3.8) is 0 Å². The summed E-state index contributed by atoms with van der Waals surface area (Å²) in [6.45, 7) is 0. The Hall–Kier alpha value is -1.64. The Labute approximate surface area is 476 Å². The van der Waals surface area contributed by atoms with Gasteiger partial charge in [0.05, 0.1) is 9.79 Å². The Morgan fingerprint density at radius 3 is 1.94 bits per heavy atom. The van der Waals surface area contributed by atoms with Crippen molar-refractivity contribution in [2.75, 3.05) is 17.3 Å². The zero-order valence-electron chi connectivity index (χ0n) is 33.3. The Balaban J connectivity index is -0.00000203. The van der Waals surface area contributed by atoms with Crippen LogP contribution >= 0.6 is 11.6 Å². The second kappa shape index (κ2) is 30.6. The maximum Gasteiger partial charge on any atom is 1.00 e. The van der Waals surface area contributed by atoms with Gasteiger partial charge in [0.25, 0.3) is 0 Å². The number of nitrogens with zero attached hydrogens (tertiary/aromatic N) is 6. The summed E-state index contributed by atoms with van der Waals surface area (Å²) in [6.07, 6.45) is 0.250. The van der Waals surface area contributed by atoms with Crippen LogP contribution in [0.1, 0.15) is 0 Å². The maximum absolute atomic E-state index is 12.3. The zero-order chi connectivity index (χ0) is 43.4. The number of rotatable bonds is 8. The third-order valence-electron chi connectivity index (χ3n) is 6.79. The van der Waals surface area contributed by atoms with E-state index in [1.807, 2.05) is 0 Å². The van der Waals surface area contributed by atoms with Gasteiger partial charge in [0, 0.05) is 12.4 Å². The van der Waals surface area contributed by atoms with Gasteiger partial charge >= 0.3 is 175 Å². The van der Waals surface area contributed by atoms with Crippen LogP contribution in [0.4, 0.5) is 34.6 Å². The molecule has 0 fully saturated rings. The number of hydrogen-bond acceptors (Lipinski definition) is 22. The van der Waals surface area contributed by atoms with Crippen LogP contribution in [0.2, 0.25) is 5.28 Å². The molecule has 0 spiro atoms. The molecule has 2 N–H and O–H groups in total. The first kappa shape index (κ1) is 65.6. The van der Waals surface area contributed by atoms with Gasteiger partial charge in [0.1, 0.15) is 37.4 Å². The average molecular weight is 1010 g/mol. The van der Waals surface area contributed by atoms with Crippen LogP contribution in [0.15, 0.2) is 92.8 Å². The molecule has 0 aliphatic carbocycles. The fraction of sp³-hybridized carbons (Fsp3) is 0.0323. The van der Waals surface area contributed by atoms with E-state index >= 15 is 0 Å². The van der Waals surface area contributed by atoms with Crippen molar-refractivity contribution in [2.45, 2.75) is 9.79 Å². The molecule has 0 saturated carbocycles. The monoisotopic (exact) mass is 1000 g/mol. The van der Waals surface area contributed by atoms with Crippen LogP contribution < -0.4 is 158 Å². The van der Waals surface area contributed by atoms with Crippen molar-refractivity contribution in [1.29, 1.82) is 0 Å². The molecule has 302 valence electrons. The Morgan fingerprint density at radius 1 is 0.810 bits per heavy atom. The molecule has 32 heteroatoms. The first-order chi connectivity index (χ1) is 27.2. The van der Waals surface area contributed by atoms with E-state index in [1.54, 1.807) is 42.3 Å². The van der Waals surface area contributed by atoms with Gasteiger partial charge in [-0.2, -0.15) is 48.4 Å². The van der Waals surface area contributed by atoms with Crippen molar-refractivity contribution in [2.24, 2.45) is 10.2 Å². The summed E-state index contributed by atoms with van der Waals surface area (Å²) in [4.78, 5) is 28.7. The molecular weight excluding hydrogens is 989 g/mol. The Morgan fingerprint density at radius 2 is 1.40 bits per heavy atom. The van der Waals surface area contributed by atoms with Crippen molar-refractivity contribution >= 4 is 115 Å². The van der Waals surface area contributed by atoms with Crippen LogP contribution in [-0.4, -0.2) is 84.5 Å². The van der Waals surface area contributed by atoms with Crippen molar-refractivity contribution in [1.82, 2.24) is 15.0 Å². The largest absolute Gasteiger partial charge is 1.00 e. The van der Waals surface area contributed by atoms with Gasteiger partial charge in [-0.05, 0) is 23.1 Å². The number of nitrogens with one attached hydrogen (secondary N) is 1. The number of anilines is 4. The van der Waals surface area contributed by atoms with E-state index in [0.717, 1.165) is 6.07 Å². The summed E-state index contributed by atoms with van der Waals surface area (Å²) in [6, 6.07) is 26.0. The van der Waals surface area contributed by atoms with Gasteiger partial charge in [-0.3, -0.25) is 12.1 Å². The summed E-state index contributed by atoms with van der Waals surface area (Å²) < 4.78 is 124. The summed E-state index contributed by atoms with van der Waals surface area (Å²) in [5.74, 6) is -0.783. The van der Waals surface area contributed by atoms with Gasteiger partial charge < -0.3 is 42.6 Å². The molecule has 0 atom stereocenters. The van der Waals surface area contributed by atoms with E-state index < -0.39 is 68.4 Å². The molecule has 0 radical (unpaired) electrons. The number of azo groups is 1. The first-order valence-electron chi connectivity index (χ1n) is 14.6. The quantitative estimate of drug-likeness (QED) is 0.0619. The molecule has 0 amide bonds. The van der Waals surface area contributed by atoms with E-state index in [-0.39, 0.29) is 193 Å². The molecule has 0 unspecified atom stereocenters. The second-order valence-corrected chi connectivity index (χ2v) is 14.0. The smallest absolute Gasteiger partial charge is 0.744 e. The van der Waals surface area contributed by atoms with Crippen molar-refractivity contribution in [3.8, 4) is 5.75 Å². The molecule has 0 aliphatic heterocycles. The van der Waals surface area contributed by atoms with E-state index in [4.69, 9.17) is 46.4 Å². The SMILES string of the molecule is CN(c1[c-]c[c-]cc1)c1nc(Cl)nc(Nc2c[c-]cc3cc(S(=O)(=O)[O-])c(N=Nc4ccc5ccccc5c4S(=O)(=O)[O-])c(O)c23)n1.O=C=O.O=S(=O)=O.O=S(=O)=O.[Na+].[Na+].[Na+].[Na+].[Na+]. The van der Waals surface area contributed by atoms with E-state index in [1.165, 1.54) is 36.4 Å². The normalized spacial score (nSPS) is 9.97. The Kier molecular flexibility index (Phi) is 31.9. The number of aromatic nitrogens is 3. The topological polar surface area (TPSA) is 350 Å². The van der Waals surface area contributed by atoms with Gasteiger partial charge in [-0.1, -0.05) is 47.5 Å². The first-order valence-corrected chi connectivity index (χ1v) is 19.8. The average Bonchev–Trinajstić information content (AvgIpc) is 3.13. The van der Waals surface area contributed by atoms with Crippen LogP contribution in [-0.2, 0) is 51.0 Å². The molecular formula is C31H17ClN7Na5O15S4. The third-order valence-corrected chi connectivity index (χ3v) is 8.73. The van der Waals surface area contributed by atoms with Gasteiger partial charge in [-0.25, -0.2) is 16.8 Å². The van der Waals surface area contributed by atoms with E-state index in [9.17, 15) is 31.0 Å². The van der Waals surface area contributed by atoms with Crippen molar-refractivity contribution < 1.29 is 214 Å². The minimum absolute atomic E-state index is 0. The minimum atomic E-state index is -5.28. The fourth-order valence-corrected chi connectivity index (χ4v) is 6.34. The molecule has 0 bridgehead atoms. The van der Waals surface area contributed by atoms with Gasteiger partial charge in [0.15, 0.2) is 0 Å². The fourth-order valence-electron chi connectivity index (χ4n) is 4.72. The van der Waals surface area contributed by atoms with Crippen LogP contribution in [0.25, 0.3) is 21.5 Å². The number of halogens is 1. The van der Waals surface area contributed by atoms with Gasteiger partial charge in [-0.15, -0.1) is 40.9 Å². The number of fused-ring (bicyclic) bond motifs is 2. The summed E-state index contributed by atoms with van der Waals surface area (Å²) >= 11 is 6.18. The third kappa shape index (κ3) is 20.0. The van der Waals surface area contributed by atoms with Gasteiger partial charge in [0.2, 0.25) is 17.2 Å². The van der Waals surface area contributed by atoms with Crippen molar-refractivity contribution in [3.05, 3.63) is 96.3 Å². The number of carbonyl (C=O) groups excluding carboxylic acids is 2. The van der Waals surface area contributed by atoms with Crippen LogP contribution in [0, 0.1) is 18.2 Å². The standard InChI is InChI=1S/C30H19ClN7O7S2.CO2.5Na.2O3S/c1-38(19-10-3-2-4-11-19)30-34-28(31)33-29(35-30)32-21-13-7-9-18-16-23(46(40,41)42)25(26(39)24(18)21)37-36-22-15-14-17-8-5-6-12-20(17)27(22)47(43,44)45;2-1-3;;;;;;2*1-4(2)3/h3-6,8-10,12-16,39H,1H3,(H,40,41,42)(H,43,44,45)(H,32,33,34,35);;;;;;;;/q-3;;5*+1;;/p-2. The molecule has 1 aromatic heterocycles. The molecule has 5 aromatic carbocycles. The summed E-state index contributed by atoms with van der Waals surface area (Å²) in [5.41, 5.74) is -0.586. The number of hydrogen-bond donors (Lipinski definition) is 2. The summed E-state index contributed by atoms with van der Waals surface area (Å²) in [5, 5.41) is 22.1. The molecule has 6 aromatic rings. The number of phenolic OH excluding ortho intramolecular Hbond substituents is 1. The maximum atomic E-state index is 12.3. The predicted molar refractivity (Wildman–Crippen MR) is 193 cm³/mol. The van der Waals surface area contributed by atoms with E-state index in [2.05, 4.69) is 48.7 Å². The second-order valence-electron chi connectivity index (χ2n) is 10.2. The predicted octanol–water partition coefficient (Wildman–Crippen LogP) is -11.9. The zero-order valence-corrected chi connectivity index (χ0v) is 47.3. The molecule has 63 heavy (non-hydrogen) atoms. The Bertz CT molecular complexity index is 3010. The minimum Gasteiger partial charge on any atom is -0.744 e. The van der Waals surface area contributed by atoms with Crippen LogP contribution in [0.5, 0.6) is 5.75 Å². The van der Waals surface area contributed by atoms with Crippen LogP contribution in [0.3, 0.4) is 0 Å². The number of aromatic hydroxyl groups is 1. The molecule has 6 rings (SSSR count). The van der Waals surface area contributed by atoms with E-state index in [0.29, 0.717) is 11.1 Å². The molecule has 0 saturated heterocycles. The molecule has 1 heterocycles. The summed E-state index contributed by atoms with van der Waals surface area (Å²) in [7, 11) is -15.0. The molecule has 22 nitrogen and oxygen atoms in total. The number of benzene rings is 5. The molecule has 0 aliphatic rings.